The summed E-state index contributed by atoms with van der Waals surface area (Å²) in [5.74, 6) is 0.993. The van der Waals surface area contributed by atoms with Crippen LogP contribution in [0.15, 0.2) is 18.2 Å². The average molecular weight is 235 g/mol. The molecule has 1 saturated heterocycles. The Hall–Kier alpha value is -1.06. The van der Waals surface area contributed by atoms with Gasteiger partial charge in [0, 0.05) is 12.8 Å². The van der Waals surface area contributed by atoms with E-state index in [1.807, 2.05) is 0 Å². The summed E-state index contributed by atoms with van der Waals surface area (Å²) >= 11 is 0. The second-order valence-electron chi connectivity index (χ2n) is 4.58. The number of rotatable bonds is 4. The van der Waals surface area contributed by atoms with Crippen LogP contribution in [0.4, 0.5) is 0 Å². The molecular formula is C14H21NO2. The molecule has 0 aromatic heterocycles. The fourth-order valence-corrected chi connectivity index (χ4v) is 2.15. The van der Waals surface area contributed by atoms with E-state index in [2.05, 4.69) is 25.1 Å². The van der Waals surface area contributed by atoms with E-state index in [4.69, 9.17) is 15.2 Å². The summed E-state index contributed by atoms with van der Waals surface area (Å²) in [6.45, 7) is 4.37. The fraction of sp³-hybridized carbons (Fsp3) is 0.571. The zero-order chi connectivity index (χ0) is 12.1. The molecule has 0 saturated carbocycles. The van der Waals surface area contributed by atoms with Gasteiger partial charge in [-0.25, -0.2) is 0 Å². The topological polar surface area (TPSA) is 44.5 Å². The minimum Gasteiger partial charge on any atom is -0.490 e. The van der Waals surface area contributed by atoms with E-state index in [-0.39, 0.29) is 0 Å². The standard InChI is InChI=1S/C14H21NO2/c1-11-2-3-14(12(10-11)4-7-15)17-13-5-8-16-9-6-13/h2-3,10,13H,4-9,15H2,1H3. The maximum Gasteiger partial charge on any atom is 0.122 e. The van der Waals surface area contributed by atoms with Gasteiger partial charge in [0.25, 0.3) is 0 Å². The van der Waals surface area contributed by atoms with E-state index in [0.29, 0.717) is 12.6 Å². The van der Waals surface area contributed by atoms with Gasteiger partial charge in [0.2, 0.25) is 0 Å². The molecule has 1 aromatic rings. The maximum atomic E-state index is 6.06. The summed E-state index contributed by atoms with van der Waals surface area (Å²) in [6.07, 6.45) is 3.13. The molecule has 0 unspecified atom stereocenters. The lowest BCUT2D eigenvalue weighted by molar-refractivity contribution is 0.0252. The third-order valence-corrected chi connectivity index (χ3v) is 3.09. The quantitative estimate of drug-likeness (QED) is 0.868. The molecule has 3 heteroatoms. The minimum absolute atomic E-state index is 0.294. The van der Waals surface area contributed by atoms with Crippen LogP contribution < -0.4 is 10.5 Å². The molecule has 1 fully saturated rings. The fourth-order valence-electron chi connectivity index (χ4n) is 2.15. The molecule has 1 heterocycles. The van der Waals surface area contributed by atoms with Crippen molar-refractivity contribution in [3.05, 3.63) is 29.3 Å². The summed E-state index contributed by atoms with van der Waals surface area (Å²) in [6, 6.07) is 6.33. The van der Waals surface area contributed by atoms with Crippen molar-refractivity contribution in [3.63, 3.8) is 0 Å². The number of hydrogen-bond donors (Lipinski definition) is 1. The first-order valence-corrected chi connectivity index (χ1v) is 6.33. The zero-order valence-corrected chi connectivity index (χ0v) is 10.4. The highest BCUT2D eigenvalue weighted by atomic mass is 16.5. The van der Waals surface area contributed by atoms with Gasteiger partial charge in [0.1, 0.15) is 11.9 Å². The van der Waals surface area contributed by atoms with Gasteiger partial charge in [-0.3, -0.25) is 0 Å². The molecule has 94 valence electrons. The monoisotopic (exact) mass is 235 g/mol. The Morgan fingerprint density at radius 2 is 2.12 bits per heavy atom. The van der Waals surface area contributed by atoms with Gasteiger partial charge in [-0.05, 0) is 31.5 Å². The van der Waals surface area contributed by atoms with Gasteiger partial charge in [-0.1, -0.05) is 17.7 Å². The summed E-state index contributed by atoms with van der Waals surface area (Å²) in [7, 11) is 0. The normalized spacial score (nSPS) is 17.1. The zero-order valence-electron chi connectivity index (χ0n) is 10.4. The molecule has 0 aliphatic carbocycles. The summed E-state index contributed by atoms with van der Waals surface area (Å²) in [4.78, 5) is 0. The second kappa shape index (κ2) is 6.03. The van der Waals surface area contributed by atoms with Crippen molar-refractivity contribution < 1.29 is 9.47 Å². The molecule has 2 N–H and O–H groups in total. The average Bonchev–Trinajstić information content (AvgIpc) is 2.34. The Bertz CT molecular complexity index is 359. The highest BCUT2D eigenvalue weighted by Gasteiger charge is 2.16. The van der Waals surface area contributed by atoms with Crippen LogP contribution in [0.5, 0.6) is 5.75 Å². The molecule has 0 amide bonds. The third-order valence-electron chi connectivity index (χ3n) is 3.09. The van der Waals surface area contributed by atoms with E-state index >= 15 is 0 Å². The minimum atomic E-state index is 0.294. The molecule has 1 aliphatic heterocycles. The summed E-state index contributed by atoms with van der Waals surface area (Å²) < 4.78 is 11.4. The van der Waals surface area contributed by atoms with Crippen LogP contribution in [0.25, 0.3) is 0 Å². The Kier molecular flexibility index (Phi) is 4.40. The van der Waals surface area contributed by atoms with Crippen molar-refractivity contribution in [1.29, 1.82) is 0 Å². The molecule has 0 atom stereocenters. The van der Waals surface area contributed by atoms with Gasteiger partial charge in [-0.15, -0.1) is 0 Å². The van der Waals surface area contributed by atoms with Gasteiger partial charge >= 0.3 is 0 Å². The van der Waals surface area contributed by atoms with Gasteiger partial charge < -0.3 is 15.2 Å². The SMILES string of the molecule is Cc1ccc(OC2CCOCC2)c(CCN)c1. The van der Waals surface area contributed by atoms with Gasteiger partial charge in [0.15, 0.2) is 0 Å². The van der Waals surface area contributed by atoms with Crippen molar-refractivity contribution in [2.45, 2.75) is 32.3 Å². The van der Waals surface area contributed by atoms with Crippen molar-refractivity contribution in [2.24, 2.45) is 5.73 Å². The number of aryl methyl sites for hydroxylation is 1. The highest BCUT2D eigenvalue weighted by molar-refractivity contribution is 5.37. The second-order valence-corrected chi connectivity index (χ2v) is 4.58. The number of ether oxygens (including phenoxy) is 2. The lowest BCUT2D eigenvalue weighted by Gasteiger charge is -2.24. The van der Waals surface area contributed by atoms with E-state index in [0.717, 1.165) is 38.2 Å². The van der Waals surface area contributed by atoms with E-state index in [9.17, 15) is 0 Å². The van der Waals surface area contributed by atoms with E-state index in [1.165, 1.54) is 11.1 Å². The van der Waals surface area contributed by atoms with Crippen LogP contribution in [0.1, 0.15) is 24.0 Å². The molecule has 17 heavy (non-hydrogen) atoms. The predicted octanol–water partition coefficient (Wildman–Crippen LogP) is 2.05. The third kappa shape index (κ3) is 3.45. The predicted molar refractivity (Wildman–Crippen MR) is 68.4 cm³/mol. The Morgan fingerprint density at radius 3 is 2.82 bits per heavy atom. The van der Waals surface area contributed by atoms with Crippen molar-refractivity contribution in [2.75, 3.05) is 19.8 Å². The van der Waals surface area contributed by atoms with Crippen LogP contribution in [-0.2, 0) is 11.2 Å². The lowest BCUT2D eigenvalue weighted by Crippen LogP contribution is -2.26. The summed E-state index contributed by atoms with van der Waals surface area (Å²) in [5.41, 5.74) is 8.12. The first-order valence-electron chi connectivity index (χ1n) is 6.33. The molecule has 1 aliphatic rings. The lowest BCUT2D eigenvalue weighted by atomic mass is 10.1. The Morgan fingerprint density at radius 1 is 1.35 bits per heavy atom. The largest absolute Gasteiger partial charge is 0.490 e. The maximum absolute atomic E-state index is 6.06. The van der Waals surface area contributed by atoms with Crippen LogP contribution in [0, 0.1) is 6.92 Å². The highest BCUT2D eigenvalue weighted by Crippen LogP contribution is 2.24. The number of hydrogen-bond acceptors (Lipinski definition) is 3. The Labute approximate surface area is 103 Å². The molecule has 0 radical (unpaired) electrons. The van der Waals surface area contributed by atoms with Crippen molar-refractivity contribution >= 4 is 0 Å². The van der Waals surface area contributed by atoms with Crippen LogP contribution >= 0.6 is 0 Å². The number of nitrogens with two attached hydrogens (primary N) is 1. The first-order chi connectivity index (χ1) is 8.29. The van der Waals surface area contributed by atoms with Crippen molar-refractivity contribution in [3.8, 4) is 5.75 Å². The molecular weight excluding hydrogens is 214 g/mol. The van der Waals surface area contributed by atoms with Gasteiger partial charge in [0.05, 0.1) is 13.2 Å². The first kappa shape index (κ1) is 12.4. The molecule has 2 rings (SSSR count). The molecule has 0 spiro atoms. The summed E-state index contributed by atoms with van der Waals surface area (Å²) in [5, 5.41) is 0. The van der Waals surface area contributed by atoms with Crippen LogP contribution in [0.3, 0.4) is 0 Å². The Balaban J connectivity index is 2.07. The van der Waals surface area contributed by atoms with Crippen molar-refractivity contribution in [1.82, 2.24) is 0 Å². The smallest absolute Gasteiger partial charge is 0.122 e. The van der Waals surface area contributed by atoms with Crippen LogP contribution in [-0.4, -0.2) is 25.9 Å². The van der Waals surface area contributed by atoms with Crippen LogP contribution in [0.2, 0.25) is 0 Å². The number of benzene rings is 1. The van der Waals surface area contributed by atoms with E-state index < -0.39 is 0 Å². The van der Waals surface area contributed by atoms with E-state index in [1.54, 1.807) is 0 Å². The molecule has 0 bridgehead atoms. The molecule has 1 aromatic carbocycles. The molecule has 3 nitrogen and oxygen atoms in total. The van der Waals surface area contributed by atoms with Gasteiger partial charge in [-0.2, -0.15) is 0 Å².